The summed E-state index contributed by atoms with van der Waals surface area (Å²) in [6, 6.07) is 9.38. The zero-order valence-electron chi connectivity index (χ0n) is 8.66. The van der Waals surface area contributed by atoms with Crippen LogP contribution < -0.4 is 4.74 Å². The van der Waals surface area contributed by atoms with Crippen LogP contribution in [-0.2, 0) is 5.88 Å². The first-order chi connectivity index (χ1) is 8.19. The summed E-state index contributed by atoms with van der Waals surface area (Å²) in [4.78, 5) is 4.17. The Morgan fingerprint density at radius 3 is 2.59 bits per heavy atom. The number of aromatic nitrogens is 1. The lowest BCUT2D eigenvalue weighted by Crippen LogP contribution is -1.89. The molecular formula is C12H8Br2ClNO. The van der Waals surface area contributed by atoms with E-state index < -0.39 is 0 Å². The molecule has 0 fully saturated rings. The molecule has 0 spiro atoms. The maximum absolute atomic E-state index is 5.69. The van der Waals surface area contributed by atoms with E-state index in [1.807, 2.05) is 24.3 Å². The Hall–Kier alpha value is -0.580. The normalized spacial score (nSPS) is 10.3. The lowest BCUT2D eigenvalue weighted by atomic mass is 10.3. The highest BCUT2D eigenvalue weighted by atomic mass is 79.9. The van der Waals surface area contributed by atoms with Crippen molar-refractivity contribution in [3.8, 4) is 11.6 Å². The lowest BCUT2D eigenvalue weighted by molar-refractivity contribution is 0.460. The second-order valence-electron chi connectivity index (χ2n) is 3.32. The highest BCUT2D eigenvalue weighted by Crippen LogP contribution is 2.31. The molecule has 0 unspecified atom stereocenters. The van der Waals surface area contributed by atoms with E-state index in [0.717, 1.165) is 20.3 Å². The van der Waals surface area contributed by atoms with Gasteiger partial charge in [0.25, 0.3) is 0 Å². The average Bonchev–Trinajstić information content (AvgIpc) is 2.34. The molecule has 1 heterocycles. The van der Waals surface area contributed by atoms with Crippen molar-refractivity contribution >= 4 is 43.5 Å². The van der Waals surface area contributed by atoms with E-state index in [2.05, 4.69) is 36.8 Å². The summed E-state index contributed by atoms with van der Waals surface area (Å²) in [7, 11) is 0. The number of ether oxygens (including phenoxy) is 1. The van der Waals surface area contributed by atoms with Crippen LogP contribution in [0.1, 0.15) is 5.56 Å². The van der Waals surface area contributed by atoms with Gasteiger partial charge in [-0.15, -0.1) is 11.6 Å². The van der Waals surface area contributed by atoms with Gasteiger partial charge in [-0.2, -0.15) is 0 Å². The summed E-state index contributed by atoms with van der Waals surface area (Å²) in [6.45, 7) is 0. The molecule has 0 aliphatic carbocycles. The van der Waals surface area contributed by atoms with E-state index in [1.54, 1.807) is 12.3 Å². The van der Waals surface area contributed by atoms with Crippen LogP contribution in [0.5, 0.6) is 11.6 Å². The fraction of sp³-hybridized carbons (Fsp3) is 0.0833. The van der Waals surface area contributed by atoms with Crippen molar-refractivity contribution in [1.82, 2.24) is 4.98 Å². The third-order valence-corrected chi connectivity index (χ3v) is 3.48. The molecule has 1 aromatic heterocycles. The van der Waals surface area contributed by atoms with Crippen molar-refractivity contribution in [1.29, 1.82) is 0 Å². The van der Waals surface area contributed by atoms with Crippen LogP contribution in [-0.4, -0.2) is 4.98 Å². The summed E-state index contributed by atoms with van der Waals surface area (Å²) in [5, 5.41) is 0. The van der Waals surface area contributed by atoms with Crippen LogP contribution >= 0.6 is 43.5 Å². The van der Waals surface area contributed by atoms with Gasteiger partial charge < -0.3 is 4.74 Å². The minimum atomic E-state index is 0.454. The number of hydrogen-bond donors (Lipinski definition) is 0. The molecule has 17 heavy (non-hydrogen) atoms. The number of benzene rings is 1. The molecule has 0 N–H and O–H groups in total. The number of hydrogen-bond acceptors (Lipinski definition) is 2. The van der Waals surface area contributed by atoms with Crippen molar-refractivity contribution in [2.45, 2.75) is 5.88 Å². The van der Waals surface area contributed by atoms with Crippen molar-refractivity contribution in [3.05, 3.63) is 51.0 Å². The summed E-state index contributed by atoms with van der Waals surface area (Å²) >= 11 is 12.5. The minimum absolute atomic E-state index is 0.454. The SMILES string of the molecule is ClCc1ccc(Oc2ccc(Br)cc2Br)nc1. The second kappa shape index (κ2) is 5.85. The Labute approximate surface area is 121 Å². The third-order valence-electron chi connectivity index (χ3n) is 2.06. The van der Waals surface area contributed by atoms with Crippen molar-refractivity contribution < 1.29 is 4.74 Å². The first-order valence-corrected chi connectivity index (χ1v) is 6.95. The molecule has 0 bridgehead atoms. The predicted molar refractivity (Wildman–Crippen MR) is 75.7 cm³/mol. The van der Waals surface area contributed by atoms with E-state index in [-0.39, 0.29) is 0 Å². The minimum Gasteiger partial charge on any atom is -0.438 e. The van der Waals surface area contributed by atoms with Crippen LogP contribution in [0.2, 0.25) is 0 Å². The zero-order valence-corrected chi connectivity index (χ0v) is 12.6. The van der Waals surface area contributed by atoms with E-state index in [0.29, 0.717) is 11.8 Å². The molecule has 5 heteroatoms. The average molecular weight is 377 g/mol. The highest BCUT2D eigenvalue weighted by Gasteiger charge is 2.04. The first kappa shape index (κ1) is 12.9. The Balaban J connectivity index is 2.19. The monoisotopic (exact) mass is 375 g/mol. The molecule has 88 valence electrons. The summed E-state index contributed by atoms with van der Waals surface area (Å²) in [6.07, 6.45) is 1.70. The number of rotatable bonds is 3. The van der Waals surface area contributed by atoms with Crippen LogP contribution in [0.15, 0.2) is 45.5 Å². The Morgan fingerprint density at radius 1 is 1.18 bits per heavy atom. The molecule has 2 nitrogen and oxygen atoms in total. The maximum atomic E-state index is 5.69. The molecule has 0 aliphatic heterocycles. The van der Waals surface area contributed by atoms with Gasteiger partial charge in [-0.1, -0.05) is 22.0 Å². The fourth-order valence-corrected chi connectivity index (χ4v) is 2.51. The van der Waals surface area contributed by atoms with Gasteiger partial charge in [0.15, 0.2) is 0 Å². The first-order valence-electron chi connectivity index (χ1n) is 4.83. The van der Waals surface area contributed by atoms with Gasteiger partial charge in [0, 0.05) is 22.6 Å². The standard InChI is InChI=1S/C12H8Br2ClNO/c13-9-2-3-11(10(14)5-9)17-12-4-1-8(6-15)7-16-12/h1-5,7H,6H2. The fourth-order valence-electron chi connectivity index (χ4n) is 1.22. The molecule has 0 saturated heterocycles. The van der Waals surface area contributed by atoms with E-state index in [1.165, 1.54) is 0 Å². The maximum Gasteiger partial charge on any atom is 0.219 e. The molecule has 0 radical (unpaired) electrons. The van der Waals surface area contributed by atoms with Gasteiger partial charge in [0.05, 0.1) is 4.47 Å². The van der Waals surface area contributed by atoms with Crippen molar-refractivity contribution in [2.75, 3.05) is 0 Å². The van der Waals surface area contributed by atoms with Crippen molar-refractivity contribution in [2.24, 2.45) is 0 Å². The van der Waals surface area contributed by atoms with Crippen LogP contribution in [0.25, 0.3) is 0 Å². The predicted octanol–water partition coefficient (Wildman–Crippen LogP) is 5.14. The summed E-state index contributed by atoms with van der Waals surface area (Å²) in [5.74, 6) is 1.72. The van der Waals surface area contributed by atoms with Crippen LogP contribution in [0.3, 0.4) is 0 Å². The Bertz CT molecular complexity index is 516. The smallest absolute Gasteiger partial charge is 0.219 e. The van der Waals surface area contributed by atoms with Gasteiger partial charge in [0.2, 0.25) is 5.88 Å². The number of nitrogens with zero attached hydrogens (tertiary/aromatic N) is 1. The van der Waals surface area contributed by atoms with E-state index in [9.17, 15) is 0 Å². The summed E-state index contributed by atoms with van der Waals surface area (Å²) < 4.78 is 7.50. The zero-order chi connectivity index (χ0) is 12.3. The van der Waals surface area contributed by atoms with Crippen LogP contribution in [0, 0.1) is 0 Å². The third kappa shape index (κ3) is 3.44. The Kier molecular flexibility index (Phi) is 4.42. The van der Waals surface area contributed by atoms with E-state index in [4.69, 9.17) is 16.3 Å². The molecule has 0 aliphatic rings. The van der Waals surface area contributed by atoms with E-state index >= 15 is 0 Å². The van der Waals surface area contributed by atoms with Gasteiger partial charge in [-0.3, -0.25) is 0 Å². The molecule has 0 saturated carbocycles. The quantitative estimate of drug-likeness (QED) is 0.691. The Morgan fingerprint density at radius 2 is 2.00 bits per heavy atom. The van der Waals surface area contributed by atoms with Crippen molar-refractivity contribution in [3.63, 3.8) is 0 Å². The molecule has 0 amide bonds. The van der Waals surface area contributed by atoms with Gasteiger partial charge in [-0.25, -0.2) is 4.98 Å². The topological polar surface area (TPSA) is 22.1 Å². The molecule has 2 aromatic rings. The summed E-state index contributed by atoms with van der Waals surface area (Å²) in [5.41, 5.74) is 0.967. The van der Waals surface area contributed by atoms with Gasteiger partial charge >= 0.3 is 0 Å². The molecule has 1 aromatic carbocycles. The highest BCUT2D eigenvalue weighted by molar-refractivity contribution is 9.11. The molecule has 2 rings (SSSR count). The second-order valence-corrected chi connectivity index (χ2v) is 5.35. The number of halogens is 3. The van der Waals surface area contributed by atoms with Gasteiger partial charge in [-0.05, 0) is 39.7 Å². The largest absolute Gasteiger partial charge is 0.438 e. The number of alkyl halides is 1. The number of pyridine rings is 1. The molecule has 0 atom stereocenters. The lowest BCUT2D eigenvalue weighted by Gasteiger charge is -2.07. The van der Waals surface area contributed by atoms with Crippen LogP contribution in [0.4, 0.5) is 0 Å². The van der Waals surface area contributed by atoms with Gasteiger partial charge in [0.1, 0.15) is 5.75 Å². The molecular weight excluding hydrogens is 369 g/mol.